The van der Waals surface area contributed by atoms with E-state index in [1.165, 1.54) is 0 Å². The van der Waals surface area contributed by atoms with E-state index in [2.05, 4.69) is 5.32 Å². The van der Waals surface area contributed by atoms with Gasteiger partial charge in [-0.05, 0) is 7.05 Å². The Morgan fingerprint density at radius 2 is 2.38 bits per heavy atom. The molecule has 0 radical (unpaired) electrons. The molecule has 1 heterocycles. The van der Waals surface area contributed by atoms with E-state index in [9.17, 15) is 13.6 Å². The third-order valence-electron chi connectivity index (χ3n) is 2.10. The Morgan fingerprint density at radius 1 is 1.77 bits per heavy atom. The molecular formula is C7H13F2N3O. The lowest BCUT2D eigenvalue weighted by molar-refractivity contribution is -0.132. The molecule has 1 atom stereocenters. The molecule has 13 heavy (non-hydrogen) atoms. The first-order chi connectivity index (χ1) is 6.00. The van der Waals surface area contributed by atoms with E-state index in [-0.39, 0.29) is 13.0 Å². The molecule has 0 saturated carbocycles. The average Bonchev–Trinajstić information content (AvgIpc) is 2.39. The molecule has 0 aliphatic carbocycles. The molecule has 1 rings (SSSR count). The minimum atomic E-state index is -2.79. The molecule has 0 aromatic heterocycles. The van der Waals surface area contributed by atoms with Gasteiger partial charge in [-0.1, -0.05) is 0 Å². The summed E-state index contributed by atoms with van der Waals surface area (Å²) in [6, 6.07) is 0. The van der Waals surface area contributed by atoms with E-state index < -0.39 is 24.5 Å². The average molecular weight is 193 g/mol. The van der Waals surface area contributed by atoms with Crippen molar-refractivity contribution in [3.05, 3.63) is 0 Å². The quantitative estimate of drug-likeness (QED) is 0.613. The summed E-state index contributed by atoms with van der Waals surface area (Å²) in [5, 5.41) is 2.65. The number of hydrogen-bond donors (Lipinski definition) is 2. The number of carbonyl (C=O) groups excluding carboxylic acids is 1. The van der Waals surface area contributed by atoms with Crippen LogP contribution in [-0.2, 0) is 4.79 Å². The number of rotatable bonds is 2. The maximum atomic E-state index is 12.9. The van der Waals surface area contributed by atoms with Gasteiger partial charge in [-0.15, -0.1) is 0 Å². The van der Waals surface area contributed by atoms with E-state index in [1.807, 2.05) is 0 Å². The van der Waals surface area contributed by atoms with Crippen molar-refractivity contribution in [3.8, 4) is 0 Å². The van der Waals surface area contributed by atoms with Gasteiger partial charge in [-0.3, -0.25) is 4.79 Å². The monoisotopic (exact) mass is 193 g/mol. The highest BCUT2D eigenvalue weighted by molar-refractivity contribution is 5.78. The van der Waals surface area contributed by atoms with E-state index >= 15 is 0 Å². The van der Waals surface area contributed by atoms with Crippen molar-refractivity contribution in [2.75, 3.05) is 20.1 Å². The zero-order chi connectivity index (χ0) is 10.1. The standard InChI is InChI=1S/C7H13F2N3O/c1-11-5-2-7(8,9)4-12(5)6(13)3-10/h5,11H,2-4,10H2,1H3/t5-/m0/s1. The molecule has 3 N–H and O–H groups in total. The smallest absolute Gasteiger partial charge is 0.268 e. The van der Waals surface area contributed by atoms with Crippen LogP contribution in [0.15, 0.2) is 0 Å². The van der Waals surface area contributed by atoms with Crippen molar-refractivity contribution in [1.82, 2.24) is 10.2 Å². The van der Waals surface area contributed by atoms with Gasteiger partial charge >= 0.3 is 0 Å². The third kappa shape index (κ3) is 2.13. The summed E-state index contributed by atoms with van der Waals surface area (Å²) in [7, 11) is 1.54. The Bertz CT molecular complexity index is 210. The number of carbonyl (C=O) groups is 1. The highest BCUT2D eigenvalue weighted by Gasteiger charge is 2.45. The van der Waals surface area contributed by atoms with Gasteiger partial charge in [0, 0.05) is 6.42 Å². The van der Waals surface area contributed by atoms with Crippen LogP contribution in [0.2, 0.25) is 0 Å². The second kappa shape index (κ2) is 3.55. The maximum absolute atomic E-state index is 12.9. The molecule has 0 aromatic carbocycles. The van der Waals surface area contributed by atoms with Crippen molar-refractivity contribution in [1.29, 1.82) is 0 Å². The zero-order valence-electron chi connectivity index (χ0n) is 7.39. The van der Waals surface area contributed by atoms with Crippen molar-refractivity contribution < 1.29 is 13.6 Å². The molecule has 0 spiro atoms. The molecule has 1 saturated heterocycles. The Hall–Kier alpha value is -0.750. The molecule has 0 aromatic rings. The normalized spacial score (nSPS) is 26.5. The minimum Gasteiger partial charge on any atom is -0.322 e. The van der Waals surface area contributed by atoms with Gasteiger partial charge in [0.1, 0.15) is 0 Å². The first kappa shape index (κ1) is 10.3. The fourth-order valence-corrected chi connectivity index (χ4v) is 1.45. The third-order valence-corrected chi connectivity index (χ3v) is 2.10. The SMILES string of the molecule is CN[C@@H]1CC(F)(F)CN1C(=O)CN. The summed E-state index contributed by atoms with van der Waals surface area (Å²) in [5.41, 5.74) is 5.09. The summed E-state index contributed by atoms with van der Waals surface area (Å²) < 4.78 is 25.7. The van der Waals surface area contributed by atoms with Gasteiger partial charge in [-0.2, -0.15) is 0 Å². The molecule has 0 bridgehead atoms. The lowest BCUT2D eigenvalue weighted by Gasteiger charge is -2.22. The zero-order valence-corrected chi connectivity index (χ0v) is 7.39. The van der Waals surface area contributed by atoms with E-state index in [0.717, 1.165) is 4.90 Å². The van der Waals surface area contributed by atoms with E-state index in [0.29, 0.717) is 0 Å². The van der Waals surface area contributed by atoms with E-state index in [1.54, 1.807) is 7.05 Å². The number of nitrogens with two attached hydrogens (primary N) is 1. The van der Waals surface area contributed by atoms with E-state index in [4.69, 9.17) is 5.73 Å². The molecule has 1 amide bonds. The largest absolute Gasteiger partial charge is 0.322 e. The Labute approximate surface area is 75.1 Å². The number of alkyl halides is 2. The number of amides is 1. The highest BCUT2D eigenvalue weighted by Crippen LogP contribution is 2.30. The van der Waals surface area contributed by atoms with Crippen molar-refractivity contribution >= 4 is 5.91 Å². The highest BCUT2D eigenvalue weighted by atomic mass is 19.3. The summed E-state index contributed by atoms with van der Waals surface area (Å²) in [4.78, 5) is 12.2. The van der Waals surface area contributed by atoms with Crippen molar-refractivity contribution in [2.45, 2.75) is 18.5 Å². The van der Waals surface area contributed by atoms with Gasteiger partial charge in [0.15, 0.2) is 0 Å². The molecular weight excluding hydrogens is 180 g/mol. The number of nitrogens with one attached hydrogen (secondary N) is 1. The lowest BCUT2D eigenvalue weighted by Crippen LogP contribution is -2.45. The van der Waals surface area contributed by atoms with Crippen LogP contribution in [0, 0.1) is 0 Å². The second-order valence-electron chi connectivity index (χ2n) is 3.09. The molecule has 1 aliphatic rings. The summed E-state index contributed by atoms with van der Waals surface area (Å²) in [6.07, 6.45) is -0.930. The summed E-state index contributed by atoms with van der Waals surface area (Å²) in [6.45, 7) is -0.761. The second-order valence-corrected chi connectivity index (χ2v) is 3.09. The van der Waals surface area contributed by atoms with Crippen LogP contribution in [0.5, 0.6) is 0 Å². The fourth-order valence-electron chi connectivity index (χ4n) is 1.45. The molecule has 1 fully saturated rings. The van der Waals surface area contributed by atoms with Crippen LogP contribution < -0.4 is 11.1 Å². The van der Waals surface area contributed by atoms with Gasteiger partial charge in [0.2, 0.25) is 5.91 Å². The number of halogens is 2. The van der Waals surface area contributed by atoms with Crippen LogP contribution in [0.25, 0.3) is 0 Å². The molecule has 0 unspecified atom stereocenters. The van der Waals surface area contributed by atoms with Crippen LogP contribution in [-0.4, -0.2) is 43.0 Å². The van der Waals surface area contributed by atoms with Crippen molar-refractivity contribution in [2.24, 2.45) is 5.73 Å². The first-order valence-corrected chi connectivity index (χ1v) is 4.05. The number of hydrogen-bond acceptors (Lipinski definition) is 3. The Kier molecular flexibility index (Phi) is 2.82. The van der Waals surface area contributed by atoms with Gasteiger partial charge in [0.25, 0.3) is 5.92 Å². The Balaban J connectivity index is 2.69. The predicted molar refractivity (Wildman–Crippen MR) is 43.2 cm³/mol. The number of likely N-dealkylation sites (tertiary alicyclic amines) is 1. The van der Waals surface area contributed by atoms with Gasteiger partial charge < -0.3 is 16.0 Å². The molecule has 4 nitrogen and oxygen atoms in total. The minimum absolute atomic E-state index is 0.228. The topological polar surface area (TPSA) is 58.4 Å². The maximum Gasteiger partial charge on any atom is 0.268 e. The van der Waals surface area contributed by atoms with Crippen LogP contribution in [0.1, 0.15) is 6.42 Å². The summed E-state index contributed by atoms with van der Waals surface area (Å²) >= 11 is 0. The van der Waals surface area contributed by atoms with Crippen LogP contribution in [0.3, 0.4) is 0 Å². The first-order valence-electron chi connectivity index (χ1n) is 4.05. The van der Waals surface area contributed by atoms with Gasteiger partial charge in [0.05, 0.1) is 19.3 Å². The molecule has 1 aliphatic heterocycles. The summed E-state index contributed by atoms with van der Waals surface area (Å²) in [5.74, 6) is -3.24. The van der Waals surface area contributed by atoms with Crippen LogP contribution >= 0.6 is 0 Å². The molecule has 76 valence electrons. The number of nitrogens with zero attached hydrogens (tertiary/aromatic N) is 1. The lowest BCUT2D eigenvalue weighted by atomic mass is 10.3. The molecule has 6 heteroatoms. The van der Waals surface area contributed by atoms with Gasteiger partial charge in [-0.25, -0.2) is 8.78 Å². The Morgan fingerprint density at radius 3 is 2.85 bits per heavy atom. The predicted octanol–water partition coefficient (Wildman–Crippen LogP) is -0.642. The van der Waals surface area contributed by atoms with Crippen LogP contribution in [0.4, 0.5) is 8.78 Å². The van der Waals surface area contributed by atoms with Crippen molar-refractivity contribution in [3.63, 3.8) is 0 Å². The fraction of sp³-hybridized carbons (Fsp3) is 0.857.